The number of primary amides is 1. The predicted octanol–water partition coefficient (Wildman–Crippen LogP) is -2.05. The minimum atomic E-state index is -1.95. The van der Waals surface area contributed by atoms with Crippen molar-refractivity contribution in [3.63, 3.8) is 0 Å². The molecule has 0 aliphatic carbocycles. The quantitative estimate of drug-likeness (QED) is 0.0390. The Morgan fingerprint density at radius 2 is 1.38 bits per heavy atom. The van der Waals surface area contributed by atoms with Crippen LogP contribution in [0.1, 0.15) is 136 Å². The zero-order chi connectivity index (χ0) is 73.9. The van der Waals surface area contributed by atoms with Crippen LogP contribution in [-0.4, -0.2) is 210 Å². The summed E-state index contributed by atoms with van der Waals surface area (Å²) in [7, 11) is 0. The highest BCUT2D eigenvalue weighted by atomic mass is 32.2. The van der Waals surface area contributed by atoms with Crippen LogP contribution in [0.2, 0.25) is 0 Å². The average Bonchev–Trinajstić information content (AvgIpc) is 1.58. The Bertz CT molecular complexity index is 3250. The number of aromatic nitrogens is 2. The Morgan fingerprint density at radius 1 is 0.750 bits per heavy atom. The van der Waals surface area contributed by atoms with Gasteiger partial charge in [0.2, 0.25) is 70.9 Å². The zero-order valence-corrected chi connectivity index (χ0v) is 58.2. The SMILES string of the molecule is C=CCC(C)C(NC(=O)C(CCC(=O)O)N1C(=O)C(NC(=O)C2CSC(C(N)C(C)CC)=N2)CC1C)C(=O)NC1CCCCNC(=O)C(CC(N)=O)NC(=O)C(CC(=O)O)NC(=O)C(Cc2c[nH]cn2)NC(=O)C(Cc2ccccc2)NC(=O)C(C(C)CC)NC(=O)C(CCCN)NC1=O. The number of carbonyl (C=O) groups is 14. The molecule has 3 aliphatic heterocycles. The first-order valence-corrected chi connectivity index (χ1v) is 34.8. The first kappa shape index (κ1) is 81.4. The molecule has 12 amide bonds. The number of carboxylic acids is 2. The van der Waals surface area contributed by atoms with Crippen molar-refractivity contribution in [2.24, 2.45) is 39.9 Å². The van der Waals surface area contributed by atoms with Gasteiger partial charge in [0.05, 0.1) is 35.9 Å². The van der Waals surface area contributed by atoms with E-state index in [1.165, 1.54) is 35.3 Å². The van der Waals surface area contributed by atoms with Crippen molar-refractivity contribution in [3.8, 4) is 0 Å². The van der Waals surface area contributed by atoms with Crippen LogP contribution < -0.4 is 70.4 Å². The van der Waals surface area contributed by atoms with Crippen LogP contribution in [0, 0.1) is 17.8 Å². The summed E-state index contributed by atoms with van der Waals surface area (Å²) >= 11 is 1.35. The van der Waals surface area contributed by atoms with Gasteiger partial charge in [0.25, 0.3) is 0 Å². The number of aliphatic imine (C=N–C) groups is 1. The fraction of sp³-hybridized carbons (Fsp3) is 0.606. The van der Waals surface area contributed by atoms with Crippen molar-refractivity contribution < 1.29 is 77.3 Å². The maximum absolute atomic E-state index is 15.0. The molecule has 16 atom stereocenters. The van der Waals surface area contributed by atoms with Crippen LogP contribution in [-0.2, 0) is 80.0 Å². The lowest BCUT2D eigenvalue weighted by molar-refractivity contribution is -0.144. The minimum absolute atomic E-state index is 0.00760. The van der Waals surface area contributed by atoms with Crippen LogP contribution >= 0.6 is 11.8 Å². The lowest BCUT2D eigenvalue weighted by Gasteiger charge is -2.33. The van der Waals surface area contributed by atoms with Crippen LogP contribution in [0.25, 0.3) is 0 Å². The van der Waals surface area contributed by atoms with Crippen molar-refractivity contribution in [1.29, 1.82) is 0 Å². The molecule has 100 heavy (non-hydrogen) atoms. The molecule has 33 nitrogen and oxygen atoms in total. The fourth-order valence-corrected chi connectivity index (χ4v) is 12.9. The number of aromatic amines is 1. The number of nitrogens with one attached hydrogen (secondary N) is 11. The molecule has 3 aliphatic rings. The third kappa shape index (κ3) is 24.5. The standard InChI is InChI=1S/C66H99N17O16S/c1-8-17-36(6)54(82-62(96)48(22-23-50(85)86)83-37(7)26-46(66(83)99)79-61(95)47-32-100-65(80-47)52(69)34(4)9-2)64(98)74-40-20-14-15-25-71-55(89)44(29-49(68)84)76-60(94)45(30-51(87)88)77-59(93)43(28-39-31-70-33-72-39)75-58(92)42(27-38-18-12-11-13-19-38)78-63(97)53(35(5)10-3)81-57(91)41(21-16-24-67)73-56(40)90/h8,11-13,18-19,31,33-37,40-48,52-54H,1,9-10,14-17,20-30,32,67,69H2,2-7H3,(H2,68,84)(H,70,72)(H,71,89)(H,73,90)(H,74,98)(H,75,92)(H,76,94)(H,77,93)(H,78,97)(H,79,95)(H,81,91)(H,82,96)(H,85,86)(H,87,88). The Labute approximate surface area is 584 Å². The van der Waals surface area contributed by atoms with Gasteiger partial charge in [-0.15, -0.1) is 18.3 Å². The molecule has 2 saturated heterocycles. The molecule has 5 rings (SSSR count). The second kappa shape index (κ2) is 40.1. The Hall–Kier alpha value is -9.31. The van der Waals surface area contributed by atoms with E-state index in [0.717, 1.165) is 6.42 Å². The second-order valence-corrected chi connectivity index (χ2v) is 26.8. The number of thioether (sulfide) groups is 1. The maximum Gasteiger partial charge on any atom is 0.305 e. The number of imidazole rings is 1. The van der Waals surface area contributed by atoms with Crippen molar-refractivity contribution in [2.75, 3.05) is 18.8 Å². The first-order valence-electron chi connectivity index (χ1n) is 33.8. The fourth-order valence-electron chi connectivity index (χ4n) is 11.7. The third-order valence-electron chi connectivity index (χ3n) is 17.9. The molecule has 0 radical (unpaired) electrons. The Morgan fingerprint density at radius 3 is 1.99 bits per heavy atom. The molecule has 0 saturated carbocycles. The van der Waals surface area contributed by atoms with Gasteiger partial charge in [-0.2, -0.15) is 0 Å². The van der Waals surface area contributed by atoms with Gasteiger partial charge >= 0.3 is 11.9 Å². The summed E-state index contributed by atoms with van der Waals surface area (Å²) in [6.45, 7) is 14.2. The van der Waals surface area contributed by atoms with Crippen LogP contribution in [0.3, 0.4) is 0 Å². The van der Waals surface area contributed by atoms with Crippen molar-refractivity contribution in [2.45, 2.75) is 216 Å². The number of nitrogens with zero attached hydrogens (tertiary/aromatic N) is 3. The molecule has 16 unspecified atom stereocenters. The number of allylic oxidation sites excluding steroid dienone is 1. The van der Waals surface area contributed by atoms with Gasteiger partial charge in [-0.3, -0.25) is 72.1 Å². The van der Waals surface area contributed by atoms with E-state index in [-0.39, 0.29) is 94.7 Å². The first-order chi connectivity index (χ1) is 47.5. The van der Waals surface area contributed by atoms with E-state index >= 15 is 0 Å². The molecule has 0 spiro atoms. The number of hydrogen-bond acceptors (Lipinski definition) is 19. The normalized spacial score (nSPS) is 25.1. The number of benzene rings is 1. The van der Waals surface area contributed by atoms with E-state index in [0.29, 0.717) is 10.6 Å². The number of carboxylic acid groups (broad SMARTS) is 2. The van der Waals surface area contributed by atoms with Crippen molar-refractivity contribution in [1.82, 2.24) is 68.0 Å². The molecular formula is C66H99N17O16S. The maximum atomic E-state index is 15.0. The largest absolute Gasteiger partial charge is 0.481 e. The molecule has 34 heteroatoms. The van der Waals surface area contributed by atoms with E-state index in [1.807, 2.05) is 13.8 Å². The number of H-pyrrole nitrogens is 1. The molecule has 550 valence electrons. The molecule has 19 N–H and O–H groups in total. The van der Waals surface area contributed by atoms with E-state index in [4.69, 9.17) is 17.2 Å². The summed E-state index contributed by atoms with van der Waals surface area (Å²) < 4.78 is 0. The predicted molar refractivity (Wildman–Crippen MR) is 367 cm³/mol. The summed E-state index contributed by atoms with van der Waals surface area (Å²) in [6.07, 6.45) is 1.66. The Balaban J connectivity index is 1.52. The summed E-state index contributed by atoms with van der Waals surface area (Å²) in [4.78, 5) is 209. The third-order valence-corrected chi connectivity index (χ3v) is 19.1. The molecule has 1 aromatic carbocycles. The van der Waals surface area contributed by atoms with Crippen molar-refractivity contribution >= 4 is 99.6 Å². The highest BCUT2D eigenvalue weighted by Gasteiger charge is 2.46. The Kier molecular flexibility index (Phi) is 32.6. The van der Waals surface area contributed by atoms with Gasteiger partial charge in [0.1, 0.15) is 66.5 Å². The van der Waals surface area contributed by atoms with E-state index < -0.39 is 199 Å². The highest BCUT2D eigenvalue weighted by Crippen LogP contribution is 2.28. The smallest absolute Gasteiger partial charge is 0.305 e. The lowest BCUT2D eigenvalue weighted by atomic mass is 9.95. The summed E-state index contributed by atoms with van der Waals surface area (Å²) in [5.41, 5.74) is 18.6. The lowest BCUT2D eigenvalue weighted by Crippen LogP contribution is -2.62. The number of likely N-dealkylation sites (tertiary alicyclic amines) is 1. The summed E-state index contributed by atoms with van der Waals surface area (Å²) in [5.74, 6) is -15.2. The topological polar surface area (TPSA) is 522 Å². The van der Waals surface area contributed by atoms with Crippen molar-refractivity contribution in [3.05, 3.63) is 66.8 Å². The second-order valence-electron chi connectivity index (χ2n) is 25.7. The monoisotopic (exact) mass is 1420 g/mol. The summed E-state index contributed by atoms with van der Waals surface area (Å²) in [6, 6.07) is -9.01. The number of amides is 12. The van der Waals surface area contributed by atoms with Gasteiger partial charge in [0.15, 0.2) is 0 Å². The minimum Gasteiger partial charge on any atom is -0.481 e. The zero-order valence-electron chi connectivity index (χ0n) is 57.4. The highest BCUT2D eigenvalue weighted by molar-refractivity contribution is 8.14. The molecule has 4 heterocycles. The van der Waals surface area contributed by atoms with E-state index in [1.54, 1.807) is 58.0 Å². The molecule has 1 aromatic heterocycles. The number of nitrogens with two attached hydrogens (primary N) is 3. The van der Waals surface area contributed by atoms with E-state index in [9.17, 15) is 77.3 Å². The number of carbonyl (C=O) groups excluding carboxylic acids is 12. The van der Waals surface area contributed by atoms with Gasteiger partial charge < -0.3 is 90.5 Å². The summed E-state index contributed by atoms with van der Waals surface area (Å²) in [5, 5.41) is 46.6. The van der Waals surface area contributed by atoms with E-state index in [2.05, 4.69) is 74.7 Å². The van der Waals surface area contributed by atoms with Gasteiger partial charge in [-0.05, 0) is 88.2 Å². The molecular weight excluding hydrogens is 1320 g/mol. The van der Waals surface area contributed by atoms with Gasteiger partial charge in [-0.25, -0.2) is 4.98 Å². The molecule has 2 aromatic rings. The van der Waals surface area contributed by atoms with Gasteiger partial charge in [0, 0.05) is 43.8 Å². The molecule has 0 bridgehead atoms. The number of rotatable bonds is 29. The van der Waals surface area contributed by atoms with Crippen LogP contribution in [0.4, 0.5) is 0 Å². The van der Waals surface area contributed by atoms with Crippen LogP contribution in [0.15, 0.2) is 60.5 Å². The molecule has 2 fully saturated rings. The number of aliphatic carboxylic acids is 2. The van der Waals surface area contributed by atoms with Crippen LogP contribution in [0.5, 0.6) is 0 Å². The number of hydrogen-bond donors (Lipinski definition) is 16. The average molecular weight is 1420 g/mol. The van der Waals surface area contributed by atoms with Gasteiger partial charge in [-0.1, -0.05) is 83.9 Å².